The Balaban J connectivity index is 1.27. The lowest BCUT2D eigenvalue weighted by Gasteiger charge is -2.31. The molecular weight excluding hydrogens is 585 g/mol. The van der Waals surface area contributed by atoms with Crippen LogP contribution >= 0.6 is 0 Å². The highest BCUT2D eigenvalue weighted by Gasteiger charge is 2.42. The number of aryl methyl sites for hydroxylation is 1. The van der Waals surface area contributed by atoms with Gasteiger partial charge in [-0.2, -0.15) is 9.13 Å². The smallest absolute Gasteiger partial charge is 0.219 e. The van der Waals surface area contributed by atoms with Crippen LogP contribution < -0.4 is 9.13 Å². The van der Waals surface area contributed by atoms with Crippen molar-refractivity contribution in [3.05, 3.63) is 139 Å². The van der Waals surface area contributed by atoms with Crippen molar-refractivity contribution in [2.75, 3.05) is 0 Å². The van der Waals surface area contributed by atoms with Crippen molar-refractivity contribution in [3.8, 4) is 22.5 Å². The average Bonchev–Trinajstić information content (AvgIpc) is 3.61. The summed E-state index contributed by atoms with van der Waals surface area (Å²) in [5, 5.41) is 5.11. The average molecular weight is 623 g/mol. The van der Waals surface area contributed by atoms with E-state index < -0.39 is 0 Å². The van der Waals surface area contributed by atoms with Gasteiger partial charge in [0.2, 0.25) is 11.4 Å². The van der Waals surface area contributed by atoms with Gasteiger partial charge in [-0.05, 0) is 78.4 Å². The van der Waals surface area contributed by atoms with E-state index in [0.29, 0.717) is 5.92 Å². The quantitative estimate of drug-likeness (QED) is 0.155. The maximum atomic E-state index is 5.70. The predicted molar refractivity (Wildman–Crippen MR) is 195 cm³/mol. The Morgan fingerprint density at radius 2 is 1.48 bits per heavy atom. The molecule has 4 heteroatoms. The van der Waals surface area contributed by atoms with Crippen LogP contribution in [0.2, 0.25) is 0 Å². The largest absolute Gasteiger partial charge is 0.293 e. The summed E-state index contributed by atoms with van der Waals surface area (Å²) in [7, 11) is 0. The second kappa shape index (κ2) is 9.84. The molecule has 0 spiro atoms. The van der Waals surface area contributed by atoms with E-state index in [4.69, 9.17) is 11.6 Å². The van der Waals surface area contributed by atoms with Crippen LogP contribution in [-0.4, -0.2) is 9.38 Å². The summed E-state index contributed by atoms with van der Waals surface area (Å²) in [5.74, 6) is 0.331. The van der Waals surface area contributed by atoms with Crippen LogP contribution in [0.25, 0.3) is 66.4 Å². The molecule has 2 aliphatic rings. The van der Waals surface area contributed by atoms with Gasteiger partial charge in [-0.25, -0.2) is 4.98 Å². The van der Waals surface area contributed by atoms with Gasteiger partial charge in [-0.15, -0.1) is 0 Å². The fourth-order valence-electron chi connectivity index (χ4n) is 8.86. The van der Waals surface area contributed by atoms with Crippen LogP contribution in [0.5, 0.6) is 0 Å². The standard InChI is InChI=1S/C44H38N4/c1-27-23-41-32(29-13-5-6-14-30(29)38-16-10-12-22-47(38)41)19-20-37-36(39-17-9-11-21-46(27)39)26-35-34-25-28(44(2,3)4)24-33-31-15-7-8-18-40(31)48(42(33)34)43(35)45-37/h5-18,21-22,24-26,32,41H,1,19-20,23H2,2-4H3/q+2. The summed E-state index contributed by atoms with van der Waals surface area (Å²) in [6, 6.07) is 38.5. The lowest BCUT2D eigenvalue weighted by Crippen LogP contribution is -2.49. The van der Waals surface area contributed by atoms with Gasteiger partial charge in [0.15, 0.2) is 24.1 Å². The Morgan fingerprint density at radius 3 is 2.33 bits per heavy atom. The highest BCUT2D eigenvalue weighted by molar-refractivity contribution is 6.23. The minimum Gasteiger partial charge on any atom is -0.293 e. The summed E-state index contributed by atoms with van der Waals surface area (Å²) < 4.78 is 7.26. The Hall–Kier alpha value is -5.35. The summed E-state index contributed by atoms with van der Waals surface area (Å²) in [6.07, 6.45) is 7.21. The van der Waals surface area contributed by atoms with Gasteiger partial charge in [0, 0.05) is 57.3 Å². The van der Waals surface area contributed by atoms with Gasteiger partial charge < -0.3 is 0 Å². The number of nitrogens with zero attached hydrogens (tertiary/aromatic N) is 4. The van der Waals surface area contributed by atoms with Crippen LogP contribution in [0, 0.1) is 0 Å². The molecule has 0 saturated carbocycles. The van der Waals surface area contributed by atoms with E-state index in [1.807, 2.05) is 0 Å². The molecule has 0 aliphatic carbocycles. The Kier molecular flexibility index (Phi) is 5.68. The van der Waals surface area contributed by atoms with Crippen LogP contribution in [-0.2, 0) is 11.8 Å². The highest BCUT2D eigenvalue weighted by Crippen LogP contribution is 2.46. The minimum absolute atomic E-state index is 0.0213. The molecule has 3 aromatic carbocycles. The first kappa shape index (κ1) is 27.7. The molecule has 0 radical (unpaired) electrons. The van der Waals surface area contributed by atoms with Crippen molar-refractivity contribution < 1.29 is 9.13 Å². The second-order valence-corrected chi connectivity index (χ2v) is 14.9. The van der Waals surface area contributed by atoms with E-state index in [9.17, 15) is 0 Å². The molecule has 0 saturated heterocycles. The number of para-hydroxylation sites is 1. The first-order chi connectivity index (χ1) is 23.4. The van der Waals surface area contributed by atoms with Gasteiger partial charge in [-0.1, -0.05) is 57.2 Å². The highest BCUT2D eigenvalue weighted by atomic mass is 15.1. The molecule has 8 aromatic rings. The van der Waals surface area contributed by atoms with Crippen molar-refractivity contribution in [1.82, 2.24) is 9.38 Å². The van der Waals surface area contributed by atoms with E-state index in [1.165, 1.54) is 60.5 Å². The van der Waals surface area contributed by atoms with Crippen LogP contribution in [0.15, 0.2) is 122 Å². The number of fused-ring (bicyclic) bond motifs is 15. The third-order valence-corrected chi connectivity index (χ3v) is 11.2. The van der Waals surface area contributed by atoms with Crippen LogP contribution in [0.3, 0.4) is 0 Å². The number of benzene rings is 3. The normalized spacial score (nSPS) is 17.7. The zero-order chi connectivity index (χ0) is 32.3. The van der Waals surface area contributed by atoms with Crippen molar-refractivity contribution in [1.29, 1.82) is 0 Å². The predicted octanol–water partition coefficient (Wildman–Crippen LogP) is 9.58. The third kappa shape index (κ3) is 3.80. The molecular formula is C44H38N4+2. The van der Waals surface area contributed by atoms with Gasteiger partial charge >= 0.3 is 0 Å². The molecule has 2 unspecified atom stereocenters. The Morgan fingerprint density at radius 1 is 0.750 bits per heavy atom. The van der Waals surface area contributed by atoms with Gasteiger partial charge in [0.25, 0.3) is 0 Å². The molecule has 232 valence electrons. The Labute approximate surface area is 280 Å². The van der Waals surface area contributed by atoms with E-state index in [0.717, 1.165) is 42.0 Å². The van der Waals surface area contributed by atoms with E-state index in [1.54, 1.807) is 0 Å². The first-order valence-electron chi connectivity index (χ1n) is 17.3. The van der Waals surface area contributed by atoms with Crippen molar-refractivity contribution >= 4 is 43.9 Å². The fourth-order valence-corrected chi connectivity index (χ4v) is 8.86. The zero-order valence-corrected chi connectivity index (χ0v) is 27.7. The minimum atomic E-state index is 0.0213. The second-order valence-electron chi connectivity index (χ2n) is 14.9. The van der Waals surface area contributed by atoms with Gasteiger partial charge in [0.1, 0.15) is 5.65 Å². The summed E-state index contributed by atoms with van der Waals surface area (Å²) in [5.41, 5.74) is 13.6. The van der Waals surface area contributed by atoms with E-state index in [-0.39, 0.29) is 11.5 Å². The van der Waals surface area contributed by atoms with Crippen molar-refractivity contribution in [3.63, 3.8) is 0 Å². The maximum Gasteiger partial charge on any atom is 0.219 e. The van der Waals surface area contributed by atoms with E-state index >= 15 is 0 Å². The molecule has 0 bridgehead atoms. The molecule has 7 heterocycles. The molecule has 0 fully saturated rings. The summed E-state index contributed by atoms with van der Waals surface area (Å²) >= 11 is 0. The van der Waals surface area contributed by atoms with Crippen molar-refractivity contribution in [2.24, 2.45) is 0 Å². The lowest BCUT2D eigenvalue weighted by atomic mass is 9.78. The fraction of sp³-hybridized carbons (Fsp3) is 0.205. The lowest BCUT2D eigenvalue weighted by molar-refractivity contribution is -0.720. The molecule has 4 nitrogen and oxygen atoms in total. The molecule has 0 amide bonds. The topological polar surface area (TPSA) is 25.1 Å². The zero-order valence-electron chi connectivity index (χ0n) is 27.7. The van der Waals surface area contributed by atoms with E-state index in [2.05, 4.69) is 150 Å². The molecule has 2 aliphatic heterocycles. The number of rotatable bonds is 0. The van der Waals surface area contributed by atoms with Gasteiger partial charge in [0.05, 0.1) is 28.7 Å². The summed E-state index contributed by atoms with van der Waals surface area (Å²) in [4.78, 5) is 5.70. The molecule has 5 aromatic heterocycles. The Bertz CT molecular complexity index is 2620. The number of aromatic nitrogens is 4. The number of hydrogen-bond acceptors (Lipinski definition) is 1. The third-order valence-electron chi connectivity index (χ3n) is 11.2. The van der Waals surface area contributed by atoms with Crippen LogP contribution in [0.4, 0.5) is 0 Å². The molecule has 48 heavy (non-hydrogen) atoms. The molecule has 2 atom stereocenters. The summed E-state index contributed by atoms with van der Waals surface area (Å²) in [6.45, 7) is 11.7. The number of allylic oxidation sites excluding steroid dienone is 1. The van der Waals surface area contributed by atoms with Gasteiger partial charge in [-0.3, -0.25) is 4.40 Å². The molecule has 0 N–H and O–H groups in total. The monoisotopic (exact) mass is 622 g/mol. The number of hydrogen-bond donors (Lipinski definition) is 0. The maximum absolute atomic E-state index is 5.70. The first-order valence-corrected chi connectivity index (χ1v) is 17.3. The number of pyridine rings is 3. The van der Waals surface area contributed by atoms with Crippen LogP contribution in [0.1, 0.15) is 62.4 Å². The SMILES string of the molecule is C=C1CC2C(CCc3nc4c(cc3-c3cccc[n+]31)c1cc(C(C)(C)C)cc3c5ccccc5n4c31)c1ccccc1-c1cccc[n+]12. The molecule has 10 rings (SSSR count). The van der Waals surface area contributed by atoms with Crippen molar-refractivity contribution in [2.45, 2.75) is 57.4 Å².